The van der Waals surface area contributed by atoms with Crippen molar-refractivity contribution in [1.29, 1.82) is 0 Å². The zero-order valence-corrected chi connectivity index (χ0v) is 53.7. The number of aliphatic hydroxyl groups is 3. The Balaban J connectivity index is 3.44. The van der Waals surface area contributed by atoms with Crippen molar-refractivity contribution in [2.45, 2.75) is 198 Å². The van der Waals surface area contributed by atoms with Gasteiger partial charge in [-0.2, -0.15) is 11.8 Å². The fraction of sp³-hybridized carbons (Fsp3) is 0.673. The van der Waals surface area contributed by atoms with Crippen LogP contribution in [0.5, 0.6) is 0 Å². The van der Waals surface area contributed by atoms with Gasteiger partial charge in [0, 0.05) is 31.2 Å². The number of hydrogen-bond acceptors (Lipinski definition) is 21. The number of carbonyl (C=O) groups excluding carboxylic acids is 12. The number of carboxylic acids is 3. The Bertz CT molecular complexity index is 2720. The lowest BCUT2D eigenvalue weighted by Crippen LogP contribution is -2.62. The molecule has 0 aliphatic carbocycles. The Morgan fingerprint density at radius 3 is 1.37 bits per heavy atom. The standard InChI is InChI=1S/C55H91N15O21S/c1-23(2)17-33(64-54(89)43(28(9)73)70-51(86)40(57)27(8)72)48(83)61-31(12-14-38(75)76)45(80)60-26(7)44(79)68-42(25(5)6)53(88)69-41(24(3)4)52(87)65-34(18-29-20-58-22-59-29)49(84)63-32(15-16-92-10)47(82)67-36(21-71)50(85)62-30(11-13-37(56)74)46(81)66-35(55(90)91)19-39(77)78/h20,22-28,30-36,40-43,71-73H,11-19,21,57H2,1-10H3,(H2,56,74)(H,58,59)(H,60,80)(H,61,83)(H,62,85)(H,63,84)(H,64,89)(H,65,87)(H,66,81)(H,67,82)(H,68,79)(H,69,88)(H,70,86)(H,75,76)(H,77,78)(H,90,91)/t26-,27+,28+,30-,31-,32-,33-,34-,35-,36-,40-,41-,42-,43-/m0/s1. The molecule has 0 spiro atoms. The number of rotatable bonds is 43. The highest BCUT2D eigenvalue weighted by molar-refractivity contribution is 7.98. The summed E-state index contributed by atoms with van der Waals surface area (Å²) in [5.74, 6) is -18.6. The first kappa shape index (κ1) is 81.5. The van der Waals surface area contributed by atoms with Crippen LogP contribution in [0.2, 0.25) is 0 Å². The summed E-state index contributed by atoms with van der Waals surface area (Å²) < 4.78 is 0. The topological polar surface area (TPSA) is 590 Å². The van der Waals surface area contributed by atoms with Crippen LogP contribution in [0.15, 0.2) is 12.5 Å². The normalized spacial score (nSPS) is 15.8. The highest BCUT2D eigenvalue weighted by Gasteiger charge is 2.38. The maximum Gasteiger partial charge on any atom is 0.326 e. The third-order valence-corrected chi connectivity index (χ3v) is 14.4. The number of aliphatic hydroxyl groups excluding tert-OH is 3. The predicted molar refractivity (Wildman–Crippen MR) is 325 cm³/mol. The largest absolute Gasteiger partial charge is 0.481 e. The Morgan fingerprint density at radius 1 is 0.500 bits per heavy atom. The molecule has 0 saturated heterocycles. The molecule has 0 bridgehead atoms. The number of thioether (sulfide) groups is 1. The summed E-state index contributed by atoms with van der Waals surface area (Å²) in [6.07, 6.45) is -2.42. The lowest BCUT2D eigenvalue weighted by atomic mass is 9.98. The first-order valence-corrected chi connectivity index (χ1v) is 30.7. The molecule has 518 valence electrons. The average Bonchev–Trinajstić information content (AvgIpc) is 1.19. The third-order valence-electron chi connectivity index (χ3n) is 13.7. The lowest BCUT2D eigenvalue weighted by molar-refractivity contribution is -0.147. The van der Waals surface area contributed by atoms with Gasteiger partial charge in [0.05, 0.1) is 31.6 Å². The number of imidazole rings is 1. The van der Waals surface area contributed by atoms with E-state index in [1.165, 1.54) is 45.1 Å². The fourth-order valence-electron chi connectivity index (χ4n) is 8.42. The van der Waals surface area contributed by atoms with Crippen molar-refractivity contribution in [1.82, 2.24) is 68.5 Å². The fourth-order valence-corrected chi connectivity index (χ4v) is 8.89. The van der Waals surface area contributed by atoms with Crippen molar-refractivity contribution in [2.24, 2.45) is 29.2 Å². The van der Waals surface area contributed by atoms with E-state index in [1.54, 1.807) is 47.8 Å². The average molecular weight is 1330 g/mol. The number of H-pyrrole nitrogens is 1. The first-order chi connectivity index (χ1) is 42.8. The van der Waals surface area contributed by atoms with Gasteiger partial charge in [0.25, 0.3) is 0 Å². The summed E-state index contributed by atoms with van der Waals surface area (Å²) in [6.45, 7) is 12.0. The molecule has 14 atom stereocenters. The summed E-state index contributed by atoms with van der Waals surface area (Å²) in [5, 5.41) is 84.4. The Morgan fingerprint density at radius 2 is 0.924 bits per heavy atom. The van der Waals surface area contributed by atoms with E-state index >= 15 is 0 Å². The van der Waals surface area contributed by atoms with Gasteiger partial charge in [0.1, 0.15) is 72.5 Å². The molecule has 92 heavy (non-hydrogen) atoms. The van der Waals surface area contributed by atoms with E-state index in [9.17, 15) is 97.5 Å². The zero-order chi connectivity index (χ0) is 70.4. The number of carbonyl (C=O) groups is 15. The van der Waals surface area contributed by atoms with Gasteiger partial charge in [-0.1, -0.05) is 41.5 Å². The number of aliphatic carboxylic acids is 3. The molecule has 36 nitrogen and oxygen atoms in total. The molecule has 1 aromatic heterocycles. The molecule has 0 saturated carbocycles. The van der Waals surface area contributed by atoms with E-state index in [-0.39, 0.29) is 30.9 Å². The molecule has 0 aromatic carbocycles. The number of carboxylic acid groups (broad SMARTS) is 3. The highest BCUT2D eigenvalue weighted by atomic mass is 32.2. The summed E-state index contributed by atoms with van der Waals surface area (Å²) in [5.41, 5.74) is 11.2. The second-order valence-corrected chi connectivity index (χ2v) is 23.8. The molecular weight excluding hydrogens is 1240 g/mol. The van der Waals surface area contributed by atoms with Gasteiger partial charge >= 0.3 is 17.9 Å². The van der Waals surface area contributed by atoms with Gasteiger partial charge in [-0.25, -0.2) is 9.78 Å². The molecule has 0 unspecified atom stereocenters. The number of aromatic nitrogens is 2. The minimum absolute atomic E-state index is 0.0737. The van der Waals surface area contributed by atoms with Gasteiger partial charge in [0.2, 0.25) is 70.9 Å². The zero-order valence-electron chi connectivity index (χ0n) is 52.9. The van der Waals surface area contributed by atoms with Crippen LogP contribution >= 0.6 is 11.8 Å². The van der Waals surface area contributed by atoms with Crippen LogP contribution in [0, 0.1) is 17.8 Å². The van der Waals surface area contributed by atoms with Crippen LogP contribution in [0.4, 0.5) is 0 Å². The summed E-state index contributed by atoms with van der Waals surface area (Å²) in [6, 6.07) is -19.2. The quantitative estimate of drug-likeness (QED) is 0.0289. The third kappa shape index (κ3) is 29.2. The van der Waals surface area contributed by atoms with Crippen molar-refractivity contribution in [3.8, 4) is 0 Å². The monoisotopic (exact) mass is 1330 g/mol. The molecule has 0 radical (unpaired) electrons. The minimum Gasteiger partial charge on any atom is -0.481 e. The predicted octanol–water partition coefficient (Wildman–Crippen LogP) is -6.81. The first-order valence-electron chi connectivity index (χ1n) is 29.3. The van der Waals surface area contributed by atoms with Crippen molar-refractivity contribution >= 4 is 101 Å². The van der Waals surface area contributed by atoms with Gasteiger partial charge in [-0.3, -0.25) is 67.1 Å². The molecule has 0 aliphatic heterocycles. The number of primary amides is 1. The van der Waals surface area contributed by atoms with E-state index in [0.29, 0.717) is 5.69 Å². The molecule has 0 fully saturated rings. The molecule has 1 heterocycles. The molecule has 22 N–H and O–H groups in total. The van der Waals surface area contributed by atoms with E-state index in [4.69, 9.17) is 16.6 Å². The van der Waals surface area contributed by atoms with Crippen LogP contribution in [0.1, 0.15) is 113 Å². The Labute approximate surface area is 534 Å². The van der Waals surface area contributed by atoms with Gasteiger partial charge in [-0.15, -0.1) is 0 Å². The minimum atomic E-state index is -1.97. The van der Waals surface area contributed by atoms with Gasteiger partial charge in [0.15, 0.2) is 0 Å². The molecule has 12 amide bonds. The van der Waals surface area contributed by atoms with Crippen LogP contribution < -0.4 is 70.0 Å². The van der Waals surface area contributed by atoms with Gasteiger partial charge in [-0.05, 0) is 76.2 Å². The number of nitrogens with zero attached hydrogens (tertiary/aromatic N) is 1. The van der Waals surface area contributed by atoms with Crippen LogP contribution in [-0.2, 0) is 78.3 Å². The number of hydrogen-bond donors (Lipinski definition) is 20. The maximum atomic E-state index is 14.3. The molecular formula is C55H91N15O21S. The number of aromatic amines is 1. The smallest absolute Gasteiger partial charge is 0.326 e. The van der Waals surface area contributed by atoms with Crippen molar-refractivity contribution in [2.75, 3.05) is 18.6 Å². The number of nitrogens with two attached hydrogens (primary N) is 2. The summed E-state index contributed by atoms with van der Waals surface area (Å²) in [7, 11) is 0. The van der Waals surface area contributed by atoms with Crippen molar-refractivity contribution in [3.63, 3.8) is 0 Å². The molecule has 0 aliphatic rings. The van der Waals surface area contributed by atoms with Crippen LogP contribution in [0.3, 0.4) is 0 Å². The SMILES string of the molecule is CSCC[C@H](NC(=O)[C@H](Cc1cnc[nH]1)NC(=O)[C@@H](NC(=O)[C@@H](NC(=O)[C@H](C)NC(=O)[C@H](CCC(=O)O)NC(=O)[C@H](CC(C)C)NC(=O)[C@@H](NC(=O)[C@@H](N)[C@@H](C)O)[C@@H](C)O)C(C)C)C(C)C)C(=O)N[C@@H](CO)C(=O)N[C@@H](CCC(N)=O)C(=O)N[C@@H](CC(=O)O)C(=O)O. The van der Waals surface area contributed by atoms with Crippen molar-refractivity contribution in [3.05, 3.63) is 18.2 Å². The summed E-state index contributed by atoms with van der Waals surface area (Å²) in [4.78, 5) is 204. The summed E-state index contributed by atoms with van der Waals surface area (Å²) >= 11 is 1.24. The number of nitrogens with one attached hydrogen (secondary N) is 12. The van der Waals surface area contributed by atoms with E-state index in [2.05, 4.69) is 63.1 Å². The second-order valence-electron chi connectivity index (χ2n) is 22.9. The molecule has 1 aromatic rings. The van der Waals surface area contributed by atoms with E-state index < -0.39 is 224 Å². The lowest BCUT2D eigenvalue weighted by Gasteiger charge is -2.30. The second kappa shape index (κ2) is 40.3. The van der Waals surface area contributed by atoms with Crippen LogP contribution in [0.25, 0.3) is 0 Å². The number of amides is 12. The maximum absolute atomic E-state index is 14.3. The van der Waals surface area contributed by atoms with Gasteiger partial charge < -0.3 is 106 Å². The van der Waals surface area contributed by atoms with Crippen LogP contribution in [-0.4, -0.2) is 233 Å². The molecule has 37 heteroatoms. The molecule has 1 rings (SSSR count). The van der Waals surface area contributed by atoms with E-state index in [1.807, 2.05) is 5.32 Å². The Kier molecular flexibility index (Phi) is 35.7. The van der Waals surface area contributed by atoms with Crippen molar-refractivity contribution < 1.29 is 103 Å². The highest BCUT2D eigenvalue weighted by Crippen LogP contribution is 2.13. The Hall–Kier alpha value is -8.55. The van der Waals surface area contributed by atoms with E-state index in [0.717, 1.165) is 0 Å².